The van der Waals surface area contributed by atoms with Gasteiger partial charge >= 0.3 is 0 Å². The molecule has 0 aromatic heterocycles. The van der Waals surface area contributed by atoms with Crippen LogP contribution in [0.5, 0.6) is 0 Å². The molecule has 1 aliphatic heterocycles. The fraction of sp³-hybridized carbons (Fsp3) is 0.562. The molecule has 1 aromatic rings. The second-order valence-corrected chi connectivity index (χ2v) is 5.76. The van der Waals surface area contributed by atoms with Crippen LogP contribution in [0.25, 0.3) is 0 Å². The summed E-state index contributed by atoms with van der Waals surface area (Å²) in [5, 5.41) is 6.52. The maximum atomic E-state index is 12.4. The predicted molar refractivity (Wildman–Crippen MR) is 81.5 cm³/mol. The number of benzene rings is 1. The lowest BCUT2D eigenvalue weighted by Crippen LogP contribution is -2.42. The van der Waals surface area contributed by atoms with Crippen molar-refractivity contribution in [2.45, 2.75) is 18.9 Å². The van der Waals surface area contributed by atoms with Gasteiger partial charge in [0.05, 0.1) is 6.04 Å². The van der Waals surface area contributed by atoms with Crippen LogP contribution in [0, 0.1) is 5.92 Å². The summed E-state index contributed by atoms with van der Waals surface area (Å²) in [6.45, 7) is 2.71. The minimum absolute atomic E-state index is 0.0635. The van der Waals surface area contributed by atoms with Crippen molar-refractivity contribution in [1.82, 2.24) is 15.5 Å². The average molecular weight is 275 g/mol. The smallest absolute Gasteiger partial charge is 0.223 e. The van der Waals surface area contributed by atoms with Crippen LogP contribution in [0.15, 0.2) is 30.3 Å². The van der Waals surface area contributed by atoms with Crippen LogP contribution >= 0.6 is 0 Å². The van der Waals surface area contributed by atoms with Gasteiger partial charge in [-0.3, -0.25) is 4.79 Å². The number of hydrogen-bond donors (Lipinski definition) is 2. The average Bonchev–Trinajstić information content (AvgIpc) is 2.48. The molecule has 0 saturated carbocycles. The van der Waals surface area contributed by atoms with E-state index in [1.54, 1.807) is 0 Å². The van der Waals surface area contributed by atoms with E-state index in [9.17, 15) is 4.79 Å². The third-order valence-electron chi connectivity index (χ3n) is 3.78. The van der Waals surface area contributed by atoms with Gasteiger partial charge in [-0.1, -0.05) is 30.3 Å². The molecule has 1 heterocycles. The molecular formula is C16H25N3O. The van der Waals surface area contributed by atoms with Gasteiger partial charge in [-0.05, 0) is 45.6 Å². The molecule has 0 spiro atoms. The lowest BCUT2D eigenvalue weighted by atomic mass is 9.96. The Kier molecular flexibility index (Phi) is 5.56. The fourth-order valence-corrected chi connectivity index (χ4v) is 2.66. The second-order valence-electron chi connectivity index (χ2n) is 5.76. The SMILES string of the molecule is CN(C)CC(NC(=O)C1CCNCC1)c1ccccc1. The Hall–Kier alpha value is -1.39. The molecule has 2 rings (SSSR count). The van der Waals surface area contributed by atoms with Crippen molar-refractivity contribution < 1.29 is 4.79 Å². The highest BCUT2D eigenvalue weighted by Crippen LogP contribution is 2.17. The molecule has 1 aliphatic rings. The van der Waals surface area contributed by atoms with Gasteiger partial charge in [0, 0.05) is 12.5 Å². The van der Waals surface area contributed by atoms with Gasteiger partial charge in [0.2, 0.25) is 5.91 Å². The van der Waals surface area contributed by atoms with Crippen LogP contribution in [0.2, 0.25) is 0 Å². The monoisotopic (exact) mass is 275 g/mol. The van der Waals surface area contributed by atoms with Gasteiger partial charge in [-0.25, -0.2) is 0 Å². The fourth-order valence-electron chi connectivity index (χ4n) is 2.66. The molecule has 4 nitrogen and oxygen atoms in total. The molecule has 0 bridgehead atoms. The maximum absolute atomic E-state index is 12.4. The highest BCUT2D eigenvalue weighted by Gasteiger charge is 2.24. The first-order valence-corrected chi connectivity index (χ1v) is 7.37. The number of nitrogens with zero attached hydrogens (tertiary/aromatic N) is 1. The minimum atomic E-state index is 0.0635. The molecule has 1 amide bonds. The molecule has 20 heavy (non-hydrogen) atoms. The number of carbonyl (C=O) groups is 1. The van der Waals surface area contributed by atoms with E-state index in [-0.39, 0.29) is 17.9 Å². The first-order chi connectivity index (χ1) is 9.66. The van der Waals surface area contributed by atoms with E-state index < -0.39 is 0 Å². The molecule has 1 unspecified atom stereocenters. The van der Waals surface area contributed by atoms with E-state index in [2.05, 4.69) is 27.7 Å². The van der Waals surface area contributed by atoms with Crippen LogP contribution in [0.1, 0.15) is 24.4 Å². The highest BCUT2D eigenvalue weighted by atomic mass is 16.1. The Balaban J connectivity index is 2.01. The number of nitrogens with one attached hydrogen (secondary N) is 2. The van der Waals surface area contributed by atoms with Crippen molar-refractivity contribution in [1.29, 1.82) is 0 Å². The molecule has 1 aromatic carbocycles. The van der Waals surface area contributed by atoms with Crippen molar-refractivity contribution in [3.05, 3.63) is 35.9 Å². The van der Waals surface area contributed by atoms with E-state index >= 15 is 0 Å². The Morgan fingerprint density at radius 2 is 1.95 bits per heavy atom. The number of likely N-dealkylation sites (N-methyl/N-ethyl adjacent to an activating group) is 1. The molecule has 1 fully saturated rings. The number of amides is 1. The zero-order chi connectivity index (χ0) is 14.4. The van der Waals surface area contributed by atoms with Crippen LogP contribution in [0.4, 0.5) is 0 Å². The normalized spacial score (nSPS) is 17.9. The molecule has 0 aliphatic carbocycles. The van der Waals surface area contributed by atoms with Crippen molar-refractivity contribution in [2.24, 2.45) is 5.92 Å². The molecule has 110 valence electrons. The van der Waals surface area contributed by atoms with Crippen molar-refractivity contribution in [2.75, 3.05) is 33.7 Å². The largest absolute Gasteiger partial charge is 0.348 e. The molecular weight excluding hydrogens is 250 g/mol. The van der Waals surface area contributed by atoms with Gasteiger partial charge in [-0.15, -0.1) is 0 Å². The quantitative estimate of drug-likeness (QED) is 0.854. The topological polar surface area (TPSA) is 44.4 Å². The highest BCUT2D eigenvalue weighted by molar-refractivity contribution is 5.79. The van der Waals surface area contributed by atoms with E-state index in [1.807, 2.05) is 32.3 Å². The first kappa shape index (κ1) is 15.0. The summed E-state index contributed by atoms with van der Waals surface area (Å²) in [5.74, 6) is 0.354. The maximum Gasteiger partial charge on any atom is 0.223 e. The van der Waals surface area contributed by atoms with E-state index in [1.165, 1.54) is 5.56 Å². The van der Waals surface area contributed by atoms with Crippen LogP contribution < -0.4 is 10.6 Å². The Morgan fingerprint density at radius 1 is 1.30 bits per heavy atom. The number of piperidine rings is 1. The van der Waals surface area contributed by atoms with E-state index in [0.29, 0.717) is 0 Å². The molecule has 0 radical (unpaired) electrons. The molecule has 1 saturated heterocycles. The third-order valence-corrected chi connectivity index (χ3v) is 3.78. The molecule has 4 heteroatoms. The Morgan fingerprint density at radius 3 is 2.55 bits per heavy atom. The Bertz CT molecular complexity index is 413. The van der Waals surface area contributed by atoms with Gasteiger partial charge in [0.1, 0.15) is 0 Å². The Labute approximate surface area is 121 Å². The van der Waals surface area contributed by atoms with Crippen molar-refractivity contribution in [3.63, 3.8) is 0 Å². The van der Waals surface area contributed by atoms with Crippen molar-refractivity contribution >= 4 is 5.91 Å². The summed E-state index contributed by atoms with van der Waals surface area (Å²) < 4.78 is 0. The number of carbonyl (C=O) groups excluding carboxylic acids is 1. The van der Waals surface area contributed by atoms with Gasteiger partial charge < -0.3 is 15.5 Å². The summed E-state index contributed by atoms with van der Waals surface area (Å²) in [4.78, 5) is 14.5. The number of hydrogen-bond acceptors (Lipinski definition) is 3. The summed E-state index contributed by atoms with van der Waals surface area (Å²) in [6.07, 6.45) is 1.88. The van der Waals surface area contributed by atoms with Gasteiger partial charge in [0.25, 0.3) is 0 Å². The van der Waals surface area contributed by atoms with Crippen LogP contribution in [0.3, 0.4) is 0 Å². The third kappa shape index (κ3) is 4.32. The summed E-state index contributed by atoms with van der Waals surface area (Å²) in [7, 11) is 4.07. The van der Waals surface area contributed by atoms with Gasteiger partial charge in [0.15, 0.2) is 0 Å². The zero-order valence-corrected chi connectivity index (χ0v) is 12.4. The summed E-state index contributed by atoms with van der Waals surface area (Å²) >= 11 is 0. The van der Waals surface area contributed by atoms with E-state index in [0.717, 1.165) is 32.5 Å². The summed E-state index contributed by atoms with van der Waals surface area (Å²) in [6, 6.07) is 10.3. The van der Waals surface area contributed by atoms with Crippen LogP contribution in [-0.4, -0.2) is 44.5 Å². The molecule has 1 atom stereocenters. The van der Waals surface area contributed by atoms with Gasteiger partial charge in [-0.2, -0.15) is 0 Å². The minimum Gasteiger partial charge on any atom is -0.348 e. The van der Waals surface area contributed by atoms with E-state index in [4.69, 9.17) is 0 Å². The lowest BCUT2D eigenvalue weighted by Gasteiger charge is -2.27. The van der Waals surface area contributed by atoms with Crippen LogP contribution in [-0.2, 0) is 4.79 Å². The first-order valence-electron chi connectivity index (χ1n) is 7.37. The molecule has 2 N–H and O–H groups in total. The van der Waals surface area contributed by atoms with Crippen molar-refractivity contribution in [3.8, 4) is 0 Å². The lowest BCUT2D eigenvalue weighted by molar-refractivity contribution is -0.126. The zero-order valence-electron chi connectivity index (χ0n) is 12.4. The predicted octanol–water partition coefficient (Wildman–Crippen LogP) is 1.41. The summed E-state index contributed by atoms with van der Waals surface area (Å²) in [5.41, 5.74) is 1.17. The number of rotatable bonds is 5. The standard InChI is InChI=1S/C16H25N3O/c1-19(2)12-15(13-6-4-3-5-7-13)18-16(20)14-8-10-17-11-9-14/h3-7,14-15,17H,8-12H2,1-2H3,(H,18,20). The second kappa shape index (κ2) is 7.41.